The predicted molar refractivity (Wildman–Crippen MR) is 92.3 cm³/mol. The summed E-state index contributed by atoms with van der Waals surface area (Å²) >= 11 is 6.01. The highest BCUT2D eigenvalue weighted by Crippen LogP contribution is 2.36. The van der Waals surface area contributed by atoms with Crippen molar-refractivity contribution in [3.8, 4) is 0 Å². The van der Waals surface area contributed by atoms with E-state index < -0.39 is 0 Å². The number of fused-ring (bicyclic) bond motifs is 1. The molecule has 3 heteroatoms. The van der Waals surface area contributed by atoms with Crippen LogP contribution in [-0.4, -0.2) is 15.4 Å². The minimum Gasteiger partial charge on any atom is -0.322 e. The molecule has 0 radical (unpaired) electrons. The van der Waals surface area contributed by atoms with Gasteiger partial charge < -0.3 is 4.57 Å². The Kier molecular flexibility index (Phi) is 4.39. The second-order valence-electron chi connectivity index (χ2n) is 7.79. The fraction of sp³-hybridized carbons (Fsp3) is 0.611. The van der Waals surface area contributed by atoms with Gasteiger partial charge in [0.1, 0.15) is 5.82 Å². The number of aromatic nitrogens is 2. The number of benzene rings is 1. The summed E-state index contributed by atoms with van der Waals surface area (Å²) in [4.78, 5) is 4.84. The van der Waals surface area contributed by atoms with Crippen molar-refractivity contribution in [3.05, 3.63) is 29.6 Å². The van der Waals surface area contributed by atoms with E-state index in [4.69, 9.17) is 16.6 Å². The van der Waals surface area contributed by atoms with Crippen LogP contribution in [-0.2, 0) is 12.0 Å². The van der Waals surface area contributed by atoms with Crippen LogP contribution < -0.4 is 0 Å². The van der Waals surface area contributed by atoms with Gasteiger partial charge in [0.05, 0.1) is 11.0 Å². The number of nitrogens with zero attached hydrogens (tertiary/aromatic N) is 2. The summed E-state index contributed by atoms with van der Waals surface area (Å²) in [6, 6.07) is 6.35. The maximum atomic E-state index is 6.01. The van der Waals surface area contributed by atoms with Gasteiger partial charge in [0.2, 0.25) is 0 Å². The Morgan fingerprint density at radius 1 is 1.14 bits per heavy atom. The molecule has 0 amide bonds. The van der Waals surface area contributed by atoms with Crippen LogP contribution in [0.15, 0.2) is 18.2 Å². The Balaban J connectivity index is 2.67. The molecule has 2 aromatic rings. The van der Waals surface area contributed by atoms with Crippen LogP contribution in [0, 0.1) is 12.3 Å². The minimum atomic E-state index is 0.0144. The molecule has 0 N–H and O–H groups in total. The normalized spacial score (nSPS) is 13.1. The Hall–Kier alpha value is -1.02. The maximum Gasteiger partial charge on any atom is 0.111 e. The second-order valence-corrected chi connectivity index (χ2v) is 8.17. The monoisotopic (exact) mass is 306 g/mol. The fourth-order valence-electron chi connectivity index (χ4n) is 3.62. The van der Waals surface area contributed by atoms with Crippen molar-refractivity contribution in [2.24, 2.45) is 5.41 Å². The molecule has 1 heterocycles. The first-order valence-corrected chi connectivity index (χ1v) is 8.22. The highest BCUT2D eigenvalue weighted by molar-refractivity contribution is 6.17. The molecular formula is C18H27ClN2. The first-order valence-electron chi connectivity index (χ1n) is 7.69. The molecule has 1 aromatic heterocycles. The average Bonchev–Trinajstić information content (AvgIpc) is 2.66. The predicted octanol–water partition coefficient (Wildman–Crippen LogP) is 5.30. The number of imidazole rings is 1. The third-order valence-electron chi connectivity index (χ3n) is 3.83. The molecule has 116 valence electrons. The molecule has 0 aliphatic rings. The van der Waals surface area contributed by atoms with Gasteiger partial charge in [0.25, 0.3) is 0 Å². The zero-order valence-electron chi connectivity index (χ0n) is 14.1. The van der Waals surface area contributed by atoms with Crippen molar-refractivity contribution in [1.29, 1.82) is 0 Å². The van der Waals surface area contributed by atoms with Crippen LogP contribution in [0.2, 0.25) is 0 Å². The van der Waals surface area contributed by atoms with E-state index in [2.05, 4.69) is 64.3 Å². The summed E-state index contributed by atoms with van der Waals surface area (Å²) in [5.41, 5.74) is 3.90. The van der Waals surface area contributed by atoms with Crippen molar-refractivity contribution in [2.75, 3.05) is 5.88 Å². The van der Waals surface area contributed by atoms with E-state index in [9.17, 15) is 0 Å². The van der Waals surface area contributed by atoms with Crippen molar-refractivity contribution in [1.82, 2.24) is 9.55 Å². The summed E-state index contributed by atoms with van der Waals surface area (Å²) in [6.45, 7) is 13.7. The zero-order valence-corrected chi connectivity index (χ0v) is 14.9. The van der Waals surface area contributed by atoms with Crippen LogP contribution in [0.4, 0.5) is 0 Å². The molecule has 0 saturated heterocycles. The number of hydrogen-bond acceptors (Lipinski definition) is 1. The van der Waals surface area contributed by atoms with E-state index in [0.29, 0.717) is 5.88 Å². The molecule has 0 saturated carbocycles. The summed E-state index contributed by atoms with van der Waals surface area (Å²) < 4.78 is 2.42. The standard InChI is InChI=1S/C18H27ClN2/c1-13-8-7-9-14-16(13)21(15(20-14)10-11-19)18(5,6)12-17(2,3)4/h7-9H,10-12H2,1-6H3. The van der Waals surface area contributed by atoms with Crippen LogP contribution in [0.25, 0.3) is 11.0 Å². The maximum absolute atomic E-state index is 6.01. The van der Waals surface area contributed by atoms with Gasteiger partial charge >= 0.3 is 0 Å². The van der Waals surface area contributed by atoms with Gasteiger partial charge in [-0.2, -0.15) is 0 Å². The van der Waals surface area contributed by atoms with Gasteiger partial charge in [0.15, 0.2) is 0 Å². The van der Waals surface area contributed by atoms with Crippen LogP contribution >= 0.6 is 11.6 Å². The number of para-hydroxylation sites is 1. The molecule has 2 nitrogen and oxygen atoms in total. The molecule has 1 aromatic carbocycles. The highest BCUT2D eigenvalue weighted by atomic mass is 35.5. The molecule has 0 spiro atoms. The topological polar surface area (TPSA) is 17.8 Å². The number of alkyl halides is 1. The Bertz CT molecular complexity index is 632. The fourth-order valence-corrected chi connectivity index (χ4v) is 3.79. The molecule has 0 bridgehead atoms. The average molecular weight is 307 g/mol. The smallest absolute Gasteiger partial charge is 0.111 e. The van der Waals surface area contributed by atoms with Crippen molar-refractivity contribution < 1.29 is 0 Å². The summed E-state index contributed by atoms with van der Waals surface area (Å²) in [5, 5.41) is 0. The summed E-state index contributed by atoms with van der Waals surface area (Å²) in [6.07, 6.45) is 1.90. The van der Waals surface area contributed by atoms with E-state index in [1.54, 1.807) is 0 Å². The van der Waals surface area contributed by atoms with E-state index in [-0.39, 0.29) is 11.0 Å². The van der Waals surface area contributed by atoms with Gasteiger partial charge in [-0.05, 0) is 44.2 Å². The van der Waals surface area contributed by atoms with E-state index >= 15 is 0 Å². The van der Waals surface area contributed by atoms with E-state index in [1.165, 1.54) is 11.1 Å². The molecule has 0 atom stereocenters. The lowest BCUT2D eigenvalue weighted by atomic mass is 9.81. The summed E-state index contributed by atoms with van der Waals surface area (Å²) in [5.74, 6) is 1.71. The van der Waals surface area contributed by atoms with Gasteiger partial charge in [-0.1, -0.05) is 32.9 Å². The molecule has 0 aliphatic carbocycles. The number of aryl methyl sites for hydroxylation is 2. The van der Waals surface area contributed by atoms with Gasteiger partial charge in [-0.15, -0.1) is 11.6 Å². The van der Waals surface area contributed by atoms with Crippen LogP contribution in [0.3, 0.4) is 0 Å². The number of rotatable bonds is 4. The Morgan fingerprint density at radius 2 is 1.81 bits per heavy atom. The third kappa shape index (κ3) is 3.42. The zero-order chi connectivity index (χ0) is 15.8. The quantitative estimate of drug-likeness (QED) is 0.701. The third-order valence-corrected chi connectivity index (χ3v) is 4.02. The molecule has 0 unspecified atom stereocenters. The molecule has 0 aliphatic heterocycles. The molecule has 0 fully saturated rings. The Morgan fingerprint density at radius 3 is 2.38 bits per heavy atom. The van der Waals surface area contributed by atoms with Crippen LogP contribution in [0.5, 0.6) is 0 Å². The number of halogens is 1. The van der Waals surface area contributed by atoms with Gasteiger partial charge in [-0.25, -0.2) is 4.98 Å². The molecule has 2 rings (SSSR count). The second kappa shape index (κ2) is 5.64. The minimum absolute atomic E-state index is 0.0144. The lowest BCUT2D eigenvalue weighted by Gasteiger charge is -2.35. The SMILES string of the molecule is Cc1cccc2nc(CCCl)n(C(C)(C)CC(C)(C)C)c12. The van der Waals surface area contributed by atoms with Crippen molar-refractivity contribution in [2.45, 2.75) is 59.9 Å². The van der Waals surface area contributed by atoms with E-state index in [0.717, 1.165) is 24.2 Å². The lowest BCUT2D eigenvalue weighted by molar-refractivity contribution is 0.215. The first kappa shape index (κ1) is 16.4. The largest absolute Gasteiger partial charge is 0.322 e. The number of hydrogen-bond donors (Lipinski definition) is 0. The van der Waals surface area contributed by atoms with E-state index in [1.807, 2.05) is 0 Å². The van der Waals surface area contributed by atoms with Crippen LogP contribution in [0.1, 0.15) is 52.4 Å². The Labute approximate surface area is 133 Å². The highest BCUT2D eigenvalue weighted by Gasteiger charge is 2.31. The van der Waals surface area contributed by atoms with Gasteiger partial charge in [0, 0.05) is 17.8 Å². The van der Waals surface area contributed by atoms with Gasteiger partial charge in [-0.3, -0.25) is 0 Å². The molecular weight excluding hydrogens is 280 g/mol. The molecule has 21 heavy (non-hydrogen) atoms. The first-order chi connectivity index (χ1) is 9.65. The van der Waals surface area contributed by atoms with Crippen molar-refractivity contribution in [3.63, 3.8) is 0 Å². The lowest BCUT2D eigenvalue weighted by Crippen LogP contribution is -2.33. The summed E-state index contributed by atoms with van der Waals surface area (Å²) in [7, 11) is 0. The van der Waals surface area contributed by atoms with Crippen molar-refractivity contribution >= 4 is 22.6 Å².